The number of piperidine rings is 1. The maximum absolute atomic E-state index is 14.5. The minimum atomic E-state index is -0.823. The zero-order valence-electron chi connectivity index (χ0n) is 15.4. The van der Waals surface area contributed by atoms with Crippen molar-refractivity contribution in [2.75, 3.05) is 24.6 Å². The monoisotopic (exact) mass is 438 g/mol. The molecule has 1 aromatic heterocycles. The number of carbonyl (C=O) groups is 1. The quantitative estimate of drug-likeness (QED) is 0.720. The number of aromatic nitrogens is 1. The molecule has 10 heteroatoms. The van der Waals surface area contributed by atoms with Gasteiger partial charge in [-0.2, -0.15) is 4.37 Å². The second kappa shape index (κ2) is 8.68. The normalized spacial score (nSPS) is 20.0. The summed E-state index contributed by atoms with van der Waals surface area (Å²) in [5.41, 5.74) is 6.02. The fraction of sp³-hybridized carbons (Fsp3) is 0.368. The average Bonchev–Trinajstić information content (AvgIpc) is 3.33. The summed E-state index contributed by atoms with van der Waals surface area (Å²) in [6.45, 7) is 2.43. The van der Waals surface area contributed by atoms with Crippen LogP contribution in [0.2, 0.25) is 0 Å². The molecule has 0 radical (unpaired) electrons. The number of hydrogen-bond acceptors (Lipinski definition) is 7. The van der Waals surface area contributed by atoms with Gasteiger partial charge in [-0.1, -0.05) is 6.07 Å². The molecule has 0 saturated carbocycles. The number of nitrogens with two attached hydrogens (primary N) is 1. The van der Waals surface area contributed by atoms with Gasteiger partial charge in [-0.3, -0.25) is 4.79 Å². The first kappa shape index (κ1) is 20.1. The summed E-state index contributed by atoms with van der Waals surface area (Å²) in [5.74, 6) is -1.64. The molecule has 2 aliphatic rings. The van der Waals surface area contributed by atoms with Gasteiger partial charge >= 0.3 is 0 Å². The van der Waals surface area contributed by atoms with Gasteiger partial charge in [-0.05, 0) is 44.0 Å². The summed E-state index contributed by atoms with van der Waals surface area (Å²) >= 11 is 2.26. The molecule has 4 rings (SSSR count). The Balaban J connectivity index is 1.64. The maximum Gasteiger partial charge on any atom is 0.265 e. The Morgan fingerprint density at radius 1 is 1.31 bits per heavy atom. The van der Waals surface area contributed by atoms with Crippen LogP contribution in [0.1, 0.15) is 23.8 Å². The summed E-state index contributed by atoms with van der Waals surface area (Å²) in [6.07, 6.45) is 3.57. The van der Waals surface area contributed by atoms with Gasteiger partial charge in [0.2, 0.25) is 5.06 Å². The van der Waals surface area contributed by atoms with Gasteiger partial charge in [0.05, 0.1) is 18.4 Å². The smallest absolute Gasteiger partial charge is 0.265 e. The lowest BCUT2D eigenvalue weighted by Crippen LogP contribution is -2.32. The van der Waals surface area contributed by atoms with E-state index in [1.54, 1.807) is 0 Å². The Hall–Kier alpha value is -2.17. The Labute approximate surface area is 175 Å². The SMILES string of the molecule is NC(=O)C1=CSC(c2c(F)cccc2F)N1c1cnsc1OCC1CCNCC1. The third kappa shape index (κ3) is 4.10. The Bertz CT molecular complexity index is 910. The van der Waals surface area contributed by atoms with Crippen LogP contribution in [0.5, 0.6) is 5.06 Å². The molecule has 1 fully saturated rings. The van der Waals surface area contributed by atoms with Crippen LogP contribution < -0.4 is 20.7 Å². The van der Waals surface area contributed by atoms with Crippen molar-refractivity contribution in [1.82, 2.24) is 9.69 Å². The summed E-state index contributed by atoms with van der Waals surface area (Å²) in [7, 11) is 0. The van der Waals surface area contributed by atoms with Gasteiger partial charge in [-0.15, -0.1) is 11.8 Å². The largest absolute Gasteiger partial charge is 0.481 e. The van der Waals surface area contributed by atoms with E-state index in [-0.39, 0.29) is 11.3 Å². The molecule has 3 N–H and O–H groups in total. The molecule has 29 heavy (non-hydrogen) atoms. The molecule has 2 aliphatic heterocycles. The predicted molar refractivity (Wildman–Crippen MR) is 110 cm³/mol. The van der Waals surface area contributed by atoms with Crippen LogP contribution in [0.15, 0.2) is 35.5 Å². The summed E-state index contributed by atoms with van der Waals surface area (Å²) in [4.78, 5) is 13.5. The molecular formula is C19H20F2N4O2S2. The molecule has 154 valence electrons. The Morgan fingerprint density at radius 3 is 2.72 bits per heavy atom. The minimum Gasteiger partial charge on any atom is -0.481 e. The molecular weight excluding hydrogens is 418 g/mol. The fourth-order valence-corrected chi connectivity index (χ4v) is 5.29. The number of benzene rings is 1. The van der Waals surface area contributed by atoms with Crippen LogP contribution in [0.3, 0.4) is 0 Å². The second-order valence-electron chi connectivity index (χ2n) is 6.86. The van der Waals surface area contributed by atoms with Crippen molar-refractivity contribution in [1.29, 1.82) is 0 Å². The molecule has 6 nitrogen and oxygen atoms in total. The van der Waals surface area contributed by atoms with E-state index >= 15 is 0 Å². The lowest BCUT2D eigenvalue weighted by molar-refractivity contribution is -0.114. The summed E-state index contributed by atoms with van der Waals surface area (Å²) in [5, 5.41) is 4.51. The molecule has 1 unspecified atom stereocenters. The van der Waals surface area contributed by atoms with E-state index in [0.29, 0.717) is 23.3 Å². The van der Waals surface area contributed by atoms with Crippen LogP contribution in [0, 0.1) is 17.6 Å². The number of rotatable bonds is 6. The number of amides is 1. The third-order valence-electron chi connectivity index (χ3n) is 4.99. The molecule has 1 saturated heterocycles. The van der Waals surface area contributed by atoms with Gasteiger partial charge in [-0.25, -0.2) is 8.78 Å². The summed E-state index contributed by atoms with van der Waals surface area (Å²) < 4.78 is 39.1. The number of nitrogens with one attached hydrogen (secondary N) is 1. The third-order valence-corrected chi connectivity index (χ3v) is 6.76. The zero-order chi connectivity index (χ0) is 20.4. The van der Waals surface area contributed by atoms with E-state index in [0.717, 1.165) is 49.2 Å². The van der Waals surface area contributed by atoms with Crippen LogP contribution in [0.25, 0.3) is 0 Å². The van der Waals surface area contributed by atoms with Gasteiger partial charge in [0, 0.05) is 16.9 Å². The van der Waals surface area contributed by atoms with E-state index in [4.69, 9.17) is 10.5 Å². The van der Waals surface area contributed by atoms with Crippen LogP contribution in [-0.4, -0.2) is 30.0 Å². The van der Waals surface area contributed by atoms with Gasteiger partial charge in [0.1, 0.15) is 28.4 Å². The second-order valence-corrected chi connectivity index (χ2v) is 8.58. The number of ether oxygens (including phenoxy) is 1. The molecule has 2 aromatic rings. The zero-order valence-corrected chi connectivity index (χ0v) is 17.1. The van der Waals surface area contributed by atoms with E-state index < -0.39 is 22.9 Å². The molecule has 1 amide bonds. The first-order valence-corrected chi connectivity index (χ1v) is 10.9. The van der Waals surface area contributed by atoms with Crippen molar-refractivity contribution in [3.8, 4) is 5.06 Å². The standard InChI is InChI=1S/C19H20F2N4O2S2/c20-12-2-1-3-13(21)16(12)18-25(15(10-28-18)17(22)26)14-8-24-29-19(14)27-9-11-4-6-23-7-5-11/h1-3,8,10-11,18,23H,4-7,9H2,(H2,22,26). The molecule has 0 spiro atoms. The van der Waals surface area contributed by atoms with E-state index in [2.05, 4.69) is 9.69 Å². The fourth-order valence-electron chi connectivity index (χ4n) is 3.48. The maximum atomic E-state index is 14.5. The van der Waals surface area contributed by atoms with Crippen molar-refractivity contribution in [2.45, 2.75) is 18.2 Å². The van der Waals surface area contributed by atoms with Gasteiger partial charge < -0.3 is 20.7 Å². The van der Waals surface area contributed by atoms with Crippen molar-refractivity contribution in [3.63, 3.8) is 0 Å². The number of nitrogens with zero attached hydrogens (tertiary/aromatic N) is 2. The van der Waals surface area contributed by atoms with Crippen molar-refractivity contribution in [2.24, 2.45) is 11.7 Å². The number of thioether (sulfide) groups is 1. The Morgan fingerprint density at radius 2 is 2.03 bits per heavy atom. The van der Waals surface area contributed by atoms with Gasteiger partial charge in [0.25, 0.3) is 5.91 Å². The van der Waals surface area contributed by atoms with Crippen LogP contribution in [0.4, 0.5) is 14.5 Å². The molecule has 1 atom stereocenters. The average molecular weight is 439 g/mol. The molecule has 0 bridgehead atoms. The number of hydrogen-bond donors (Lipinski definition) is 2. The highest BCUT2D eigenvalue weighted by molar-refractivity contribution is 8.02. The van der Waals surface area contributed by atoms with E-state index in [1.165, 1.54) is 34.7 Å². The summed E-state index contributed by atoms with van der Waals surface area (Å²) in [6, 6.07) is 3.69. The van der Waals surface area contributed by atoms with Crippen LogP contribution in [-0.2, 0) is 4.79 Å². The molecule has 0 aliphatic carbocycles. The van der Waals surface area contributed by atoms with Crippen LogP contribution >= 0.6 is 23.3 Å². The van der Waals surface area contributed by atoms with E-state index in [9.17, 15) is 13.6 Å². The Kier molecular flexibility index (Phi) is 6.02. The predicted octanol–water partition coefficient (Wildman–Crippen LogP) is 3.38. The number of primary amides is 1. The van der Waals surface area contributed by atoms with Crippen molar-refractivity contribution in [3.05, 3.63) is 52.7 Å². The number of carbonyl (C=O) groups excluding carboxylic acids is 1. The first-order valence-electron chi connectivity index (χ1n) is 9.23. The minimum absolute atomic E-state index is 0.138. The van der Waals surface area contributed by atoms with Crippen molar-refractivity contribution >= 4 is 34.9 Å². The number of anilines is 1. The topological polar surface area (TPSA) is 80.5 Å². The highest BCUT2D eigenvalue weighted by atomic mass is 32.2. The first-order chi connectivity index (χ1) is 14.1. The highest BCUT2D eigenvalue weighted by Crippen LogP contribution is 2.50. The lowest BCUT2D eigenvalue weighted by atomic mass is 9.99. The van der Waals surface area contributed by atoms with Crippen molar-refractivity contribution < 1.29 is 18.3 Å². The highest BCUT2D eigenvalue weighted by Gasteiger charge is 2.38. The molecule has 3 heterocycles. The van der Waals surface area contributed by atoms with Gasteiger partial charge in [0.15, 0.2) is 0 Å². The van der Waals surface area contributed by atoms with E-state index in [1.807, 2.05) is 0 Å². The number of halogens is 2. The molecule has 1 aromatic carbocycles. The lowest BCUT2D eigenvalue weighted by Gasteiger charge is -2.28.